The van der Waals surface area contributed by atoms with E-state index in [1.165, 1.54) is 11.1 Å². The molecule has 0 N–H and O–H groups in total. The lowest BCUT2D eigenvalue weighted by molar-refractivity contribution is 0.267. The first-order valence-corrected chi connectivity index (χ1v) is 10.9. The lowest BCUT2D eigenvalue weighted by Crippen LogP contribution is -2.02. The molecule has 150 valence electrons. The summed E-state index contributed by atoms with van der Waals surface area (Å²) in [6.45, 7) is 7.17. The number of rotatable bonds is 7. The van der Waals surface area contributed by atoms with Gasteiger partial charge in [-0.25, -0.2) is 0 Å². The van der Waals surface area contributed by atoms with Crippen molar-refractivity contribution in [2.24, 2.45) is 4.99 Å². The maximum Gasteiger partial charge on any atom is 0.175 e. The van der Waals surface area contributed by atoms with E-state index in [-0.39, 0.29) is 0 Å². The van der Waals surface area contributed by atoms with Crippen molar-refractivity contribution in [2.45, 2.75) is 27.4 Å². The van der Waals surface area contributed by atoms with Gasteiger partial charge >= 0.3 is 0 Å². The molecule has 29 heavy (non-hydrogen) atoms. The maximum absolute atomic E-state index is 6.07. The molecule has 0 radical (unpaired) electrons. The van der Waals surface area contributed by atoms with Crippen LogP contribution in [0.1, 0.15) is 29.2 Å². The normalized spacial score (nSPS) is 11.1. The van der Waals surface area contributed by atoms with Crippen LogP contribution in [0.2, 0.25) is 5.02 Å². The van der Waals surface area contributed by atoms with Crippen LogP contribution in [0.3, 0.4) is 0 Å². The van der Waals surface area contributed by atoms with E-state index >= 15 is 0 Å². The number of halogens is 2. The summed E-state index contributed by atoms with van der Waals surface area (Å²) in [5.41, 5.74) is 5.45. The number of hydrogen-bond donors (Lipinski definition) is 0. The first-order valence-electron chi connectivity index (χ1n) is 9.41. The Balaban J connectivity index is 1.82. The van der Waals surface area contributed by atoms with Crippen LogP contribution >= 0.6 is 34.2 Å². The Bertz CT molecular complexity index is 1020. The summed E-state index contributed by atoms with van der Waals surface area (Å²) in [6.07, 6.45) is 1.86. The van der Waals surface area contributed by atoms with Crippen LogP contribution in [0.25, 0.3) is 0 Å². The van der Waals surface area contributed by atoms with Crippen molar-refractivity contribution in [3.63, 3.8) is 0 Å². The maximum atomic E-state index is 6.07. The minimum Gasteiger partial charge on any atom is -0.490 e. The summed E-state index contributed by atoms with van der Waals surface area (Å²) >= 11 is 8.23. The van der Waals surface area contributed by atoms with Crippen LogP contribution in [0.15, 0.2) is 59.6 Å². The van der Waals surface area contributed by atoms with E-state index in [1.807, 2.05) is 55.6 Å². The standard InChI is InChI=1S/C24H23ClINO2/c1-4-28-23-13-19(14-27-21-10-5-16(2)17(3)11-21)12-22(26)24(23)29-15-18-6-8-20(25)9-7-18/h5-14H,4,15H2,1-3H3. The summed E-state index contributed by atoms with van der Waals surface area (Å²) in [6, 6.07) is 17.9. The van der Waals surface area contributed by atoms with Crippen molar-refractivity contribution >= 4 is 46.1 Å². The fourth-order valence-electron chi connectivity index (χ4n) is 2.76. The number of benzene rings is 3. The van der Waals surface area contributed by atoms with Crippen molar-refractivity contribution in [1.82, 2.24) is 0 Å². The third-order valence-corrected chi connectivity index (χ3v) is 5.53. The fourth-order valence-corrected chi connectivity index (χ4v) is 3.66. The molecule has 0 unspecified atom stereocenters. The van der Waals surface area contributed by atoms with Gasteiger partial charge in [0.05, 0.1) is 15.9 Å². The molecule has 3 aromatic carbocycles. The average molecular weight is 520 g/mol. The topological polar surface area (TPSA) is 30.8 Å². The van der Waals surface area contributed by atoms with E-state index in [4.69, 9.17) is 21.1 Å². The molecule has 0 fully saturated rings. The summed E-state index contributed by atoms with van der Waals surface area (Å²) in [7, 11) is 0. The molecular formula is C24H23ClINO2. The third-order valence-electron chi connectivity index (χ3n) is 4.48. The second-order valence-electron chi connectivity index (χ2n) is 6.70. The third kappa shape index (κ3) is 5.97. The predicted molar refractivity (Wildman–Crippen MR) is 129 cm³/mol. The van der Waals surface area contributed by atoms with Gasteiger partial charge in [-0.15, -0.1) is 0 Å². The van der Waals surface area contributed by atoms with E-state index in [1.54, 1.807) is 0 Å². The van der Waals surface area contributed by atoms with Gasteiger partial charge in [-0.1, -0.05) is 29.8 Å². The molecule has 3 nitrogen and oxygen atoms in total. The summed E-state index contributed by atoms with van der Waals surface area (Å²) in [4.78, 5) is 4.62. The SMILES string of the molecule is CCOc1cc(C=Nc2ccc(C)c(C)c2)cc(I)c1OCc1ccc(Cl)cc1. The zero-order valence-electron chi connectivity index (χ0n) is 16.7. The van der Waals surface area contributed by atoms with Gasteiger partial charge < -0.3 is 9.47 Å². The highest BCUT2D eigenvalue weighted by molar-refractivity contribution is 14.1. The molecule has 0 aliphatic heterocycles. The first kappa shape index (κ1) is 21.7. The van der Waals surface area contributed by atoms with Gasteiger partial charge in [0.15, 0.2) is 11.5 Å². The van der Waals surface area contributed by atoms with Crippen LogP contribution in [0, 0.1) is 17.4 Å². The molecule has 0 bridgehead atoms. The van der Waals surface area contributed by atoms with Gasteiger partial charge in [-0.3, -0.25) is 4.99 Å². The van der Waals surface area contributed by atoms with Gasteiger partial charge in [0.2, 0.25) is 0 Å². The van der Waals surface area contributed by atoms with Gasteiger partial charge in [0.1, 0.15) is 6.61 Å². The van der Waals surface area contributed by atoms with E-state index in [0.717, 1.165) is 31.9 Å². The number of ether oxygens (including phenoxy) is 2. The molecule has 3 rings (SSSR count). The van der Waals surface area contributed by atoms with Crippen LogP contribution < -0.4 is 9.47 Å². The van der Waals surface area contributed by atoms with Gasteiger partial charge in [-0.05, 0) is 102 Å². The van der Waals surface area contributed by atoms with Gasteiger partial charge in [0.25, 0.3) is 0 Å². The molecule has 0 spiro atoms. The lowest BCUT2D eigenvalue weighted by atomic mass is 10.1. The molecular weight excluding hydrogens is 497 g/mol. The molecule has 5 heteroatoms. The average Bonchev–Trinajstić information content (AvgIpc) is 2.70. The van der Waals surface area contributed by atoms with E-state index in [2.05, 4.69) is 53.6 Å². The molecule has 0 aromatic heterocycles. The summed E-state index contributed by atoms with van der Waals surface area (Å²) in [5.74, 6) is 1.46. The van der Waals surface area contributed by atoms with Gasteiger partial charge in [0, 0.05) is 11.2 Å². The Morgan fingerprint density at radius 2 is 1.72 bits per heavy atom. The highest BCUT2D eigenvalue weighted by atomic mass is 127. The number of hydrogen-bond acceptors (Lipinski definition) is 3. The second-order valence-corrected chi connectivity index (χ2v) is 8.30. The number of nitrogens with zero attached hydrogens (tertiary/aromatic N) is 1. The lowest BCUT2D eigenvalue weighted by Gasteiger charge is -2.15. The Kier molecular flexibility index (Phi) is 7.56. The summed E-state index contributed by atoms with van der Waals surface area (Å²) in [5, 5.41) is 0.714. The number of aliphatic imine (C=N–C) groups is 1. The second kappa shape index (κ2) is 10.1. The predicted octanol–water partition coefficient (Wildman–Crippen LogP) is 7.29. The van der Waals surface area contributed by atoms with E-state index in [9.17, 15) is 0 Å². The quantitative estimate of drug-likeness (QED) is 0.242. The minimum atomic E-state index is 0.448. The Labute approximate surface area is 190 Å². The zero-order valence-corrected chi connectivity index (χ0v) is 19.6. The van der Waals surface area contributed by atoms with Crippen molar-refractivity contribution in [3.8, 4) is 11.5 Å². The molecule has 0 amide bonds. The Hall–Kier alpha value is -2.05. The van der Waals surface area contributed by atoms with E-state index < -0.39 is 0 Å². The van der Waals surface area contributed by atoms with Crippen molar-refractivity contribution < 1.29 is 9.47 Å². The largest absolute Gasteiger partial charge is 0.490 e. The molecule has 0 heterocycles. The number of aryl methyl sites for hydroxylation is 2. The molecule has 0 aliphatic rings. The highest BCUT2D eigenvalue weighted by Gasteiger charge is 2.12. The smallest absolute Gasteiger partial charge is 0.175 e. The van der Waals surface area contributed by atoms with Crippen molar-refractivity contribution in [3.05, 3.63) is 85.4 Å². The Morgan fingerprint density at radius 1 is 0.966 bits per heavy atom. The molecule has 0 atom stereocenters. The first-order chi connectivity index (χ1) is 14.0. The Morgan fingerprint density at radius 3 is 2.41 bits per heavy atom. The molecule has 0 aliphatic carbocycles. The minimum absolute atomic E-state index is 0.448. The highest BCUT2D eigenvalue weighted by Crippen LogP contribution is 2.34. The molecule has 0 saturated heterocycles. The molecule has 3 aromatic rings. The zero-order chi connectivity index (χ0) is 20.8. The monoisotopic (exact) mass is 519 g/mol. The van der Waals surface area contributed by atoms with E-state index in [0.29, 0.717) is 18.2 Å². The van der Waals surface area contributed by atoms with Crippen molar-refractivity contribution in [2.75, 3.05) is 6.61 Å². The molecule has 0 saturated carbocycles. The van der Waals surface area contributed by atoms with Crippen LogP contribution in [0.5, 0.6) is 11.5 Å². The van der Waals surface area contributed by atoms with Gasteiger partial charge in [-0.2, -0.15) is 0 Å². The van der Waals surface area contributed by atoms with Crippen LogP contribution in [-0.4, -0.2) is 12.8 Å². The summed E-state index contributed by atoms with van der Waals surface area (Å²) < 4.78 is 12.9. The van der Waals surface area contributed by atoms with Crippen molar-refractivity contribution in [1.29, 1.82) is 0 Å². The van der Waals surface area contributed by atoms with Crippen LogP contribution in [-0.2, 0) is 6.61 Å². The fraction of sp³-hybridized carbons (Fsp3) is 0.208. The van der Waals surface area contributed by atoms with Crippen LogP contribution in [0.4, 0.5) is 5.69 Å².